The molecule has 0 bridgehead atoms. The number of methoxy groups -OCH3 is 1. The van der Waals surface area contributed by atoms with Crippen LogP contribution in [0.4, 0.5) is 0 Å². The van der Waals surface area contributed by atoms with E-state index in [2.05, 4.69) is 5.32 Å². The fourth-order valence-electron chi connectivity index (χ4n) is 2.88. The molecule has 0 spiro atoms. The van der Waals surface area contributed by atoms with Crippen molar-refractivity contribution in [1.29, 1.82) is 0 Å². The van der Waals surface area contributed by atoms with E-state index in [1.165, 1.54) is 6.26 Å². The van der Waals surface area contributed by atoms with Crippen molar-refractivity contribution in [3.8, 4) is 5.75 Å². The molecule has 5 nitrogen and oxygen atoms in total. The fraction of sp³-hybridized carbons (Fsp3) is 0.389. The molecular formula is C18H21NO4. The van der Waals surface area contributed by atoms with Crippen LogP contribution in [0.1, 0.15) is 31.1 Å². The predicted molar refractivity (Wildman–Crippen MR) is 85.2 cm³/mol. The van der Waals surface area contributed by atoms with Gasteiger partial charge in [0, 0.05) is 5.56 Å². The first-order chi connectivity index (χ1) is 11.0. The van der Waals surface area contributed by atoms with Crippen LogP contribution in [0, 0.1) is 0 Å². The number of benzene rings is 1. The number of aliphatic hydroxyl groups is 1. The molecule has 0 aliphatic heterocycles. The smallest absolute Gasteiger partial charge is 0.230 e. The molecule has 23 heavy (non-hydrogen) atoms. The van der Waals surface area contributed by atoms with Crippen molar-refractivity contribution >= 4 is 5.91 Å². The molecule has 2 N–H and O–H groups in total. The maximum atomic E-state index is 12.7. The van der Waals surface area contributed by atoms with Gasteiger partial charge in [-0.25, -0.2) is 0 Å². The molecule has 0 radical (unpaired) electrons. The highest BCUT2D eigenvalue weighted by molar-refractivity contribution is 5.92. The zero-order chi connectivity index (χ0) is 16.5. The fourth-order valence-corrected chi connectivity index (χ4v) is 2.88. The Hall–Kier alpha value is -2.27. The molecule has 2 aromatic rings. The van der Waals surface area contributed by atoms with E-state index in [9.17, 15) is 9.90 Å². The van der Waals surface area contributed by atoms with Crippen molar-refractivity contribution < 1.29 is 19.1 Å². The SMILES string of the molecule is COc1ccccc1C1(C(=O)NCC(C)(O)c2ccco2)CC1. The Morgan fingerprint density at radius 3 is 2.70 bits per heavy atom. The number of amides is 1. The number of carbonyl (C=O) groups excluding carboxylic acids is 1. The number of nitrogens with one attached hydrogen (secondary N) is 1. The molecule has 1 amide bonds. The third-order valence-electron chi connectivity index (χ3n) is 4.45. The predicted octanol–water partition coefficient (Wildman–Crippen LogP) is 2.34. The molecule has 0 saturated heterocycles. The number of hydrogen-bond donors (Lipinski definition) is 2. The average molecular weight is 315 g/mol. The summed E-state index contributed by atoms with van der Waals surface area (Å²) in [5, 5.41) is 13.3. The van der Waals surface area contributed by atoms with Crippen molar-refractivity contribution in [2.45, 2.75) is 30.8 Å². The van der Waals surface area contributed by atoms with Crippen molar-refractivity contribution in [1.82, 2.24) is 5.32 Å². The van der Waals surface area contributed by atoms with Crippen LogP contribution in [0.25, 0.3) is 0 Å². The van der Waals surface area contributed by atoms with Crippen LogP contribution in [0.2, 0.25) is 0 Å². The average Bonchev–Trinajstić information content (AvgIpc) is 3.17. The summed E-state index contributed by atoms with van der Waals surface area (Å²) in [6, 6.07) is 11.0. The van der Waals surface area contributed by atoms with Crippen molar-refractivity contribution in [3.05, 3.63) is 54.0 Å². The number of hydrogen-bond acceptors (Lipinski definition) is 4. The summed E-state index contributed by atoms with van der Waals surface area (Å²) in [4.78, 5) is 12.7. The van der Waals surface area contributed by atoms with Gasteiger partial charge in [-0.3, -0.25) is 4.79 Å². The Bertz CT molecular complexity index is 687. The van der Waals surface area contributed by atoms with E-state index in [0.717, 1.165) is 24.2 Å². The lowest BCUT2D eigenvalue weighted by Gasteiger charge is -2.24. The van der Waals surface area contributed by atoms with Gasteiger partial charge >= 0.3 is 0 Å². The van der Waals surface area contributed by atoms with E-state index in [-0.39, 0.29) is 12.5 Å². The minimum Gasteiger partial charge on any atom is -0.496 e. The van der Waals surface area contributed by atoms with Crippen LogP contribution in [-0.4, -0.2) is 24.7 Å². The second kappa shape index (κ2) is 5.74. The van der Waals surface area contributed by atoms with Gasteiger partial charge in [0.1, 0.15) is 17.1 Å². The summed E-state index contributed by atoms with van der Waals surface area (Å²) in [6.07, 6.45) is 3.06. The van der Waals surface area contributed by atoms with Crippen molar-refractivity contribution in [3.63, 3.8) is 0 Å². The molecule has 1 saturated carbocycles. The van der Waals surface area contributed by atoms with Gasteiger partial charge in [-0.1, -0.05) is 18.2 Å². The lowest BCUT2D eigenvalue weighted by atomic mass is 9.93. The second-order valence-corrected chi connectivity index (χ2v) is 6.22. The molecule has 1 atom stereocenters. The van der Waals surface area contributed by atoms with Gasteiger partial charge in [0.25, 0.3) is 0 Å². The third kappa shape index (κ3) is 2.84. The molecule has 1 heterocycles. The molecule has 5 heteroatoms. The summed E-state index contributed by atoms with van der Waals surface area (Å²) in [6.45, 7) is 1.71. The van der Waals surface area contributed by atoms with Gasteiger partial charge in [0.2, 0.25) is 5.91 Å². The van der Waals surface area contributed by atoms with Crippen LogP contribution < -0.4 is 10.1 Å². The summed E-state index contributed by atoms with van der Waals surface area (Å²) >= 11 is 0. The first-order valence-corrected chi connectivity index (χ1v) is 7.68. The number of carbonyl (C=O) groups is 1. The zero-order valence-electron chi connectivity index (χ0n) is 13.3. The number of para-hydroxylation sites is 1. The van der Waals surface area contributed by atoms with Crippen LogP contribution in [0.3, 0.4) is 0 Å². The highest BCUT2D eigenvalue weighted by Gasteiger charge is 2.53. The lowest BCUT2D eigenvalue weighted by Crippen LogP contribution is -2.43. The Morgan fingerprint density at radius 2 is 2.09 bits per heavy atom. The van der Waals surface area contributed by atoms with Crippen LogP contribution in [0.5, 0.6) is 5.75 Å². The topological polar surface area (TPSA) is 71.7 Å². The summed E-state index contributed by atoms with van der Waals surface area (Å²) in [5.41, 5.74) is -0.889. The van der Waals surface area contributed by atoms with E-state index in [0.29, 0.717) is 5.76 Å². The maximum absolute atomic E-state index is 12.7. The van der Waals surface area contributed by atoms with E-state index in [4.69, 9.17) is 9.15 Å². The number of rotatable bonds is 6. The first kappa shape index (κ1) is 15.6. The van der Waals surface area contributed by atoms with Crippen LogP contribution in [0.15, 0.2) is 47.1 Å². The minimum absolute atomic E-state index is 0.0890. The molecule has 122 valence electrons. The van der Waals surface area contributed by atoms with Gasteiger partial charge in [-0.2, -0.15) is 0 Å². The maximum Gasteiger partial charge on any atom is 0.230 e. The van der Waals surface area contributed by atoms with E-state index < -0.39 is 11.0 Å². The first-order valence-electron chi connectivity index (χ1n) is 7.68. The van der Waals surface area contributed by atoms with Crippen LogP contribution in [-0.2, 0) is 15.8 Å². The molecule has 1 unspecified atom stereocenters. The van der Waals surface area contributed by atoms with Gasteiger partial charge in [-0.15, -0.1) is 0 Å². The molecule has 1 aromatic carbocycles. The van der Waals surface area contributed by atoms with E-state index in [1.807, 2.05) is 24.3 Å². The second-order valence-electron chi connectivity index (χ2n) is 6.22. The molecule has 1 aliphatic rings. The summed E-state index contributed by atoms with van der Waals surface area (Å²) in [5.74, 6) is 1.06. The van der Waals surface area contributed by atoms with Crippen molar-refractivity contribution in [2.75, 3.05) is 13.7 Å². The van der Waals surface area contributed by atoms with Gasteiger partial charge < -0.3 is 19.6 Å². The summed E-state index contributed by atoms with van der Waals surface area (Å²) < 4.78 is 10.6. The number of furan rings is 1. The standard InChI is InChI=1S/C18H21NO4/c1-17(21,15-8-5-11-23-15)12-19-16(20)18(9-10-18)13-6-3-4-7-14(13)22-2/h3-8,11,21H,9-10,12H2,1-2H3,(H,19,20). The highest BCUT2D eigenvalue weighted by Crippen LogP contribution is 2.51. The quantitative estimate of drug-likeness (QED) is 0.858. The molecule has 1 fully saturated rings. The Kier molecular flexibility index (Phi) is 3.90. The van der Waals surface area contributed by atoms with Gasteiger partial charge in [0.05, 0.1) is 25.3 Å². The Balaban J connectivity index is 1.73. The Morgan fingerprint density at radius 1 is 1.35 bits per heavy atom. The highest BCUT2D eigenvalue weighted by atomic mass is 16.5. The third-order valence-corrected chi connectivity index (χ3v) is 4.45. The van der Waals surface area contributed by atoms with E-state index >= 15 is 0 Å². The molecule has 1 aromatic heterocycles. The normalized spacial score (nSPS) is 18.0. The van der Waals surface area contributed by atoms with Crippen LogP contribution >= 0.6 is 0 Å². The van der Waals surface area contributed by atoms with Gasteiger partial charge in [0.15, 0.2) is 0 Å². The zero-order valence-corrected chi connectivity index (χ0v) is 13.3. The van der Waals surface area contributed by atoms with Crippen molar-refractivity contribution in [2.24, 2.45) is 0 Å². The summed E-state index contributed by atoms with van der Waals surface area (Å²) in [7, 11) is 1.61. The molecular weight excluding hydrogens is 294 g/mol. The minimum atomic E-state index is -1.24. The monoisotopic (exact) mass is 315 g/mol. The largest absolute Gasteiger partial charge is 0.496 e. The Labute approximate surface area is 135 Å². The lowest BCUT2D eigenvalue weighted by molar-refractivity contribution is -0.125. The number of ether oxygens (including phenoxy) is 1. The van der Waals surface area contributed by atoms with E-state index in [1.54, 1.807) is 26.2 Å². The van der Waals surface area contributed by atoms with Gasteiger partial charge in [-0.05, 0) is 38.0 Å². The molecule has 1 aliphatic carbocycles. The molecule has 3 rings (SSSR count).